The molecule has 1 unspecified atom stereocenters. The van der Waals surface area contributed by atoms with Crippen LogP contribution >= 0.6 is 0 Å². The van der Waals surface area contributed by atoms with E-state index in [1.807, 2.05) is 18.2 Å². The van der Waals surface area contributed by atoms with Crippen LogP contribution in [0.3, 0.4) is 0 Å². The quantitative estimate of drug-likeness (QED) is 0.434. The lowest BCUT2D eigenvalue weighted by molar-refractivity contribution is -0.190. The third-order valence-electron chi connectivity index (χ3n) is 9.04. The van der Waals surface area contributed by atoms with Crippen molar-refractivity contribution in [3.05, 3.63) is 91.3 Å². The van der Waals surface area contributed by atoms with Crippen molar-refractivity contribution < 1.29 is 18.3 Å². The Hall–Kier alpha value is -3.41. The summed E-state index contributed by atoms with van der Waals surface area (Å²) in [6.45, 7) is 4.81. The van der Waals surface area contributed by atoms with Gasteiger partial charge in [-0.3, -0.25) is 24.0 Å². The molecule has 3 heterocycles. The van der Waals surface area contributed by atoms with Crippen molar-refractivity contribution in [3.8, 4) is 0 Å². The van der Waals surface area contributed by atoms with Gasteiger partial charge in [0.15, 0.2) is 5.54 Å². The first-order chi connectivity index (χ1) is 20.1. The molecule has 0 radical (unpaired) electrons. The number of nitrogens with one attached hydrogen (secondary N) is 1. The molecule has 11 heteroatoms. The van der Waals surface area contributed by atoms with Crippen LogP contribution in [0.2, 0.25) is 0 Å². The van der Waals surface area contributed by atoms with Crippen molar-refractivity contribution in [2.45, 2.75) is 69.1 Å². The summed E-state index contributed by atoms with van der Waals surface area (Å²) in [4.78, 5) is 32.6. The van der Waals surface area contributed by atoms with Gasteiger partial charge in [0.2, 0.25) is 0 Å². The van der Waals surface area contributed by atoms with Gasteiger partial charge < -0.3 is 14.7 Å². The zero-order valence-corrected chi connectivity index (χ0v) is 23.4. The number of H-pyrrole nitrogens is 1. The molecule has 3 aliphatic rings. The van der Waals surface area contributed by atoms with Crippen LogP contribution < -0.4 is 21.8 Å². The second-order valence-corrected chi connectivity index (χ2v) is 11.8. The van der Waals surface area contributed by atoms with E-state index in [1.165, 1.54) is 22.4 Å². The number of fused-ring (bicyclic) bond motifs is 1. The first kappa shape index (κ1) is 28.7. The van der Waals surface area contributed by atoms with E-state index in [2.05, 4.69) is 26.9 Å². The Morgan fingerprint density at radius 2 is 1.60 bits per heavy atom. The molecule has 2 N–H and O–H groups in total. The Bertz CT molecular complexity index is 1650. The van der Waals surface area contributed by atoms with Crippen molar-refractivity contribution in [3.63, 3.8) is 0 Å². The Kier molecular flexibility index (Phi) is 7.75. The van der Waals surface area contributed by atoms with Crippen molar-refractivity contribution in [1.29, 1.82) is 0 Å². The number of benzene rings is 1. The number of piperazine rings is 1. The molecule has 6 rings (SSSR count). The summed E-state index contributed by atoms with van der Waals surface area (Å²) in [5, 5.41) is 10.8. The molecule has 0 amide bonds. The fourth-order valence-corrected chi connectivity index (χ4v) is 6.67. The van der Waals surface area contributed by atoms with Crippen LogP contribution in [-0.2, 0) is 18.6 Å². The summed E-state index contributed by atoms with van der Waals surface area (Å²) in [6, 6.07) is 11.2. The normalized spacial score (nSPS) is 25.4. The summed E-state index contributed by atoms with van der Waals surface area (Å²) >= 11 is 0. The van der Waals surface area contributed by atoms with Crippen molar-refractivity contribution >= 4 is 12.2 Å². The average molecular weight is 584 g/mol. The highest BCUT2D eigenvalue weighted by Crippen LogP contribution is 2.43. The number of aliphatic hydroxyl groups is 1. The highest BCUT2D eigenvalue weighted by molar-refractivity contribution is 5.46. The molecule has 3 aromatic rings. The van der Waals surface area contributed by atoms with Gasteiger partial charge in [-0.05, 0) is 36.1 Å². The van der Waals surface area contributed by atoms with E-state index in [0.717, 1.165) is 55.4 Å². The number of rotatable bonds is 6. The fourth-order valence-electron chi connectivity index (χ4n) is 6.67. The maximum absolute atomic E-state index is 15.0. The predicted octanol–water partition coefficient (Wildman–Crippen LogP) is 2.05. The number of hydrogen-bond donors (Lipinski definition) is 2. The average Bonchev–Trinajstić information content (AvgIpc) is 3.44. The molecule has 8 nitrogen and oxygen atoms in total. The van der Waals surface area contributed by atoms with Crippen molar-refractivity contribution in [2.75, 3.05) is 26.2 Å². The van der Waals surface area contributed by atoms with Gasteiger partial charge in [0.05, 0.1) is 22.8 Å². The van der Waals surface area contributed by atoms with Crippen LogP contribution in [0.4, 0.5) is 13.2 Å². The summed E-state index contributed by atoms with van der Waals surface area (Å²) in [5.41, 5.74) is -2.26. The molecule has 1 saturated carbocycles. The first-order valence-corrected chi connectivity index (χ1v) is 14.6. The van der Waals surface area contributed by atoms with Crippen molar-refractivity contribution in [2.24, 2.45) is 0 Å². The van der Waals surface area contributed by atoms with Crippen LogP contribution in [0.15, 0.2) is 58.4 Å². The topological polar surface area (TPSA) is 86.5 Å². The number of hydrogen-bond acceptors (Lipinski definition) is 5. The molecule has 0 spiro atoms. The third kappa shape index (κ3) is 5.41. The van der Waals surface area contributed by atoms with E-state index in [9.17, 15) is 27.9 Å². The molecule has 0 bridgehead atoms. The van der Waals surface area contributed by atoms with Crippen LogP contribution in [0.5, 0.6) is 0 Å². The SMILES string of the molecule is O=c1[nH]c2c(n([C@@H]3CCCC[C@@H]3O)c1=O)=CC(n1ccc(CN3CCN(Cc4ccccc4)CC3)c1)(C(F)(F)F)CC=2. The van der Waals surface area contributed by atoms with E-state index >= 15 is 0 Å². The number of nitrogens with zero attached hydrogens (tertiary/aromatic N) is 4. The molecule has 2 aromatic heterocycles. The summed E-state index contributed by atoms with van der Waals surface area (Å²) in [7, 11) is 0. The van der Waals surface area contributed by atoms with Gasteiger partial charge in [-0.1, -0.05) is 49.2 Å². The second-order valence-electron chi connectivity index (χ2n) is 11.8. The number of aromatic nitrogens is 3. The molecule has 2 aliphatic carbocycles. The minimum atomic E-state index is -4.69. The Morgan fingerprint density at radius 1 is 0.929 bits per heavy atom. The highest BCUT2D eigenvalue weighted by Gasteiger charge is 2.55. The lowest BCUT2D eigenvalue weighted by Crippen LogP contribution is -2.60. The number of halogens is 3. The lowest BCUT2D eigenvalue weighted by atomic mass is 9.88. The molecular formula is C31H36F3N5O3. The Morgan fingerprint density at radius 3 is 2.26 bits per heavy atom. The molecule has 224 valence electrons. The minimum absolute atomic E-state index is 0.00101. The van der Waals surface area contributed by atoms with Gasteiger partial charge in [0, 0.05) is 58.1 Å². The van der Waals surface area contributed by atoms with Crippen molar-refractivity contribution in [1.82, 2.24) is 23.9 Å². The van der Waals surface area contributed by atoms with E-state index < -0.39 is 41.4 Å². The fraction of sp³-hybridized carbons (Fsp3) is 0.484. The van der Waals surface area contributed by atoms with Gasteiger partial charge in [0.1, 0.15) is 0 Å². The first-order valence-electron chi connectivity index (χ1n) is 14.6. The Labute approximate surface area is 241 Å². The lowest BCUT2D eigenvalue weighted by Gasteiger charge is -2.37. The van der Waals surface area contributed by atoms with Gasteiger partial charge in [-0.15, -0.1) is 0 Å². The second kappa shape index (κ2) is 11.3. The third-order valence-corrected chi connectivity index (χ3v) is 9.04. The largest absolute Gasteiger partial charge is 0.415 e. The Balaban J connectivity index is 1.28. The molecule has 1 aromatic carbocycles. The smallest absolute Gasteiger partial charge is 0.391 e. The van der Waals surface area contributed by atoms with Crippen LogP contribution in [0, 0.1) is 0 Å². The van der Waals surface area contributed by atoms with Crippen LogP contribution in [0.1, 0.15) is 49.3 Å². The summed E-state index contributed by atoms with van der Waals surface area (Å²) in [6.07, 6.45) is 1.68. The van der Waals surface area contributed by atoms with Gasteiger partial charge in [0.25, 0.3) is 0 Å². The zero-order chi connectivity index (χ0) is 29.5. The van der Waals surface area contributed by atoms with Gasteiger partial charge in [-0.2, -0.15) is 13.2 Å². The number of alkyl halides is 3. The molecule has 3 atom stereocenters. The summed E-state index contributed by atoms with van der Waals surface area (Å²) < 4.78 is 47.3. The minimum Gasteiger partial charge on any atom is -0.391 e. The van der Waals surface area contributed by atoms with Crippen LogP contribution in [0.25, 0.3) is 12.2 Å². The highest BCUT2D eigenvalue weighted by atomic mass is 19.4. The number of aliphatic hydroxyl groups excluding tert-OH is 1. The molecule has 1 aliphatic heterocycles. The van der Waals surface area contributed by atoms with E-state index in [-0.39, 0.29) is 10.7 Å². The van der Waals surface area contributed by atoms with E-state index in [4.69, 9.17) is 0 Å². The van der Waals surface area contributed by atoms with E-state index in [0.29, 0.717) is 25.8 Å². The van der Waals surface area contributed by atoms with Gasteiger partial charge >= 0.3 is 17.3 Å². The standard InChI is InChI=1S/C31H36F3N5O3/c32-31(33,34)30(12-10-24-26(18-30)39(29(42)28(41)35-24)25-8-4-5-9-27(25)40)38-13-11-23(21-38)20-37-16-14-36(15-17-37)19-22-6-2-1-3-7-22/h1-3,6-7,10-11,13,18,21,25,27,40H,4-5,8-9,12,14-17,19-20H2,(H,35,41)/t25-,27+,30?/m1/s1. The van der Waals surface area contributed by atoms with E-state index in [1.54, 1.807) is 12.3 Å². The molecule has 1 saturated heterocycles. The number of aromatic amines is 1. The maximum Gasteiger partial charge on any atom is 0.415 e. The monoisotopic (exact) mass is 583 g/mol. The summed E-state index contributed by atoms with van der Waals surface area (Å²) in [5.74, 6) is 0. The molecular weight excluding hydrogens is 547 g/mol. The zero-order valence-electron chi connectivity index (χ0n) is 23.4. The molecule has 42 heavy (non-hydrogen) atoms. The van der Waals surface area contributed by atoms with Crippen LogP contribution in [-0.4, -0.2) is 67.5 Å². The molecule has 2 fully saturated rings. The van der Waals surface area contributed by atoms with Gasteiger partial charge in [-0.25, -0.2) is 0 Å². The maximum atomic E-state index is 15.0. The predicted molar refractivity (Wildman–Crippen MR) is 153 cm³/mol.